The second-order valence-corrected chi connectivity index (χ2v) is 5.14. The van der Waals surface area contributed by atoms with Crippen LogP contribution in [0.4, 0.5) is 0 Å². The summed E-state index contributed by atoms with van der Waals surface area (Å²) in [5.74, 6) is 2.47. The number of hydrogen-bond donors (Lipinski definition) is 1. The molecule has 0 aliphatic heterocycles. The van der Waals surface area contributed by atoms with E-state index in [1.807, 2.05) is 12.1 Å². The van der Waals surface area contributed by atoms with Gasteiger partial charge in [-0.15, -0.1) is 0 Å². The summed E-state index contributed by atoms with van der Waals surface area (Å²) in [6.45, 7) is 3.64. The third-order valence-corrected chi connectivity index (χ3v) is 3.53. The number of pyridine rings is 1. The maximum Gasteiger partial charge on any atom is 0.122 e. The largest absolute Gasteiger partial charge is 0.493 e. The topological polar surface area (TPSA) is 48.1 Å². The van der Waals surface area contributed by atoms with E-state index in [-0.39, 0.29) is 0 Å². The molecule has 3 nitrogen and oxygen atoms in total. The second kappa shape index (κ2) is 6.01. The lowest BCUT2D eigenvalue weighted by molar-refractivity contribution is 0.182. The van der Waals surface area contributed by atoms with Gasteiger partial charge in [-0.05, 0) is 30.7 Å². The van der Waals surface area contributed by atoms with Crippen molar-refractivity contribution in [2.75, 3.05) is 6.61 Å². The number of rotatable bonds is 4. The molecule has 0 aromatic carbocycles. The summed E-state index contributed by atoms with van der Waals surface area (Å²) in [6, 6.07) is 3.84. The van der Waals surface area contributed by atoms with Gasteiger partial charge >= 0.3 is 0 Å². The average Bonchev–Trinajstić information content (AvgIpc) is 2.37. The molecule has 1 saturated carbocycles. The van der Waals surface area contributed by atoms with E-state index >= 15 is 0 Å². The fourth-order valence-electron chi connectivity index (χ4n) is 2.58. The molecule has 1 aliphatic rings. The van der Waals surface area contributed by atoms with Gasteiger partial charge in [-0.3, -0.25) is 4.98 Å². The van der Waals surface area contributed by atoms with Crippen molar-refractivity contribution in [3.8, 4) is 5.75 Å². The Bertz CT molecular complexity index is 354. The molecule has 1 fully saturated rings. The lowest BCUT2D eigenvalue weighted by Crippen LogP contribution is -2.19. The van der Waals surface area contributed by atoms with Crippen molar-refractivity contribution in [1.82, 2.24) is 4.98 Å². The summed E-state index contributed by atoms with van der Waals surface area (Å²) in [5.41, 5.74) is 6.45. The van der Waals surface area contributed by atoms with E-state index < -0.39 is 0 Å². The SMILES string of the molecule is CC1CCCC(COc2ccnc(CN)c2)C1. The van der Waals surface area contributed by atoms with Crippen LogP contribution in [0.3, 0.4) is 0 Å². The fourth-order valence-corrected chi connectivity index (χ4v) is 2.58. The normalized spacial score (nSPS) is 24.6. The Morgan fingerprint density at radius 1 is 1.47 bits per heavy atom. The molecule has 2 atom stereocenters. The van der Waals surface area contributed by atoms with Crippen LogP contribution in [0.2, 0.25) is 0 Å². The summed E-state index contributed by atoms with van der Waals surface area (Å²) in [6.07, 6.45) is 7.09. The maximum absolute atomic E-state index is 5.84. The Morgan fingerprint density at radius 3 is 3.12 bits per heavy atom. The molecule has 1 aromatic heterocycles. The summed E-state index contributed by atoms with van der Waals surface area (Å²) in [4.78, 5) is 4.16. The van der Waals surface area contributed by atoms with Crippen molar-refractivity contribution in [2.24, 2.45) is 17.6 Å². The average molecular weight is 234 g/mol. The molecule has 0 saturated heterocycles. The highest BCUT2D eigenvalue weighted by atomic mass is 16.5. The molecule has 94 valence electrons. The predicted octanol–water partition coefficient (Wildman–Crippen LogP) is 2.75. The molecule has 0 bridgehead atoms. The van der Waals surface area contributed by atoms with Gasteiger partial charge in [0.2, 0.25) is 0 Å². The van der Waals surface area contributed by atoms with Crippen LogP contribution >= 0.6 is 0 Å². The molecule has 0 spiro atoms. The number of ether oxygens (including phenoxy) is 1. The lowest BCUT2D eigenvalue weighted by atomic mass is 9.83. The smallest absolute Gasteiger partial charge is 0.122 e. The zero-order valence-electron chi connectivity index (χ0n) is 10.6. The van der Waals surface area contributed by atoms with E-state index in [0.717, 1.165) is 24.0 Å². The standard InChI is InChI=1S/C14H22N2O/c1-11-3-2-4-12(7-11)10-17-14-5-6-16-13(8-14)9-15/h5-6,8,11-12H,2-4,7,9-10,15H2,1H3. The lowest BCUT2D eigenvalue weighted by Gasteiger charge is -2.26. The maximum atomic E-state index is 5.84. The van der Waals surface area contributed by atoms with Gasteiger partial charge in [-0.1, -0.05) is 19.8 Å². The van der Waals surface area contributed by atoms with Crippen LogP contribution in [0, 0.1) is 11.8 Å². The number of nitrogens with zero attached hydrogens (tertiary/aromatic N) is 1. The van der Waals surface area contributed by atoms with E-state index in [1.165, 1.54) is 25.7 Å². The van der Waals surface area contributed by atoms with Gasteiger partial charge in [0.25, 0.3) is 0 Å². The highest BCUT2D eigenvalue weighted by molar-refractivity contribution is 5.22. The quantitative estimate of drug-likeness (QED) is 0.871. The van der Waals surface area contributed by atoms with E-state index in [4.69, 9.17) is 10.5 Å². The summed E-state index contributed by atoms with van der Waals surface area (Å²) < 4.78 is 5.84. The Hall–Kier alpha value is -1.09. The van der Waals surface area contributed by atoms with Crippen molar-refractivity contribution in [3.05, 3.63) is 24.0 Å². The predicted molar refractivity (Wildman–Crippen MR) is 68.7 cm³/mol. The molecule has 3 heteroatoms. The number of aromatic nitrogens is 1. The summed E-state index contributed by atoms with van der Waals surface area (Å²) >= 11 is 0. The molecule has 2 unspecified atom stereocenters. The minimum Gasteiger partial charge on any atom is -0.493 e. The monoisotopic (exact) mass is 234 g/mol. The summed E-state index contributed by atoms with van der Waals surface area (Å²) in [7, 11) is 0. The van der Waals surface area contributed by atoms with Gasteiger partial charge in [-0.25, -0.2) is 0 Å². The van der Waals surface area contributed by atoms with E-state index in [2.05, 4.69) is 11.9 Å². The van der Waals surface area contributed by atoms with Crippen LogP contribution in [0.5, 0.6) is 5.75 Å². The molecule has 2 rings (SSSR count). The number of nitrogens with two attached hydrogens (primary N) is 1. The van der Waals surface area contributed by atoms with Crippen molar-refractivity contribution in [3.63, 3.8) is 0 Å². The van der Waals surface area contributed by atoms with Gasteiger partial charge in [0.1, 0.15) is 5.75 Å². The van der Waals surface area contributed by atoms with Gasteiger partial charge in [0, 0.05) is 18.8 Å². The molecule has 1 heterocycles. The minimum atomic E-state index is 0.470. The van der Waals surface area contributed by atoms with Gasteiger partial charge in [0.05, 0.1) is 12.3 Å². The van der Waals surface area contributed by atoms with Gasteiger partial charge < -0.3 is 10.5 Å². The zero-order valence-corrected chi connectivity index (χ0v) is 10.6. The van der Waals surface area contributed by atoms with E-state index in [0.29, 0.717) is 12.5 Å². The van der Waals surface area contributed by atoms with Crippen LogP contribution < -0.4 is 10.5 Å². The molecule has 0 radical (unpaired) electrons. The second-order valence-electron chi connectivity index (χ2n) is 5.14. The first-order valence-corrected chi connectivity index (χ1v) is 6.55. The Balaban J connectivity index is 1.84. The first-order chi connectivity index (χ1) is 8.28. The van der Waals surface area contributed by atoms with Crippen LogP contribution in [-0.2, 0) is 6.54 Å². The Labute approximate surface area is 103 Å². The van der Waals surface area contributed by atoms with Crippen molar-refractivity contribution >= 4 is 0 Å². The van der Waals surface area contributed by atoms with E-state index in [9.17, 15) is 0 Å². The molecule has 1 aliphatic carbocycles. The van der Waals surface area contributed by atoms with E-state index in [1.54, 1.807) is 6.20 Å². The van der Waals surface area contributed by atoms with Crippen LogP contribution in [0.25, 0.3) is 0 Å². The minimum absolute atomic E-state index is 0.470. The fraction of sp³-hybridized carbons (Fsp3) is 0.643. The summed E-state index contributed by atoms with van der Waals surface area (Å²) in [5, 5.41) is 0. The van der Waals surface area contributed by atoms with Crippen LogP contribution in [-0.4, -0.2) is 11.6 Å². The zero-order chi connectivity index (χ0) is 12.1. The third kappa shape index (κ3) is 3.70. The molecule has 2 N–H and O–H groups in total. The first-order valence-electron chi connectivity index (χ1n) is 6.55. The van der Waals surface area contributed by atoms with Gasteiger partial charge in [-0.2, -0.15) is 0 Å². The first kappa shape index (κ1) is 12.4. The van der Waals surface area contributed by atoms with Gasteiger partial charge in [0.15, 0.2) is 0 Å². The highest BCUT2D eigenvalue weighted by Crippen LogP contribution is 2.29. The van der Waals surface area contributed by atoms with Crippen molar-refractivity contribution < 1.29 is 4.74 Å². The van der Waals surface area contributed by atoms with Crippen LogP contribution in [0.1, 0.15) is 38.3 Å². The third-order valence-electron chi connectivity index (χ3n) is 3.53. The van der Waals surface area contributed by atoms with Crippen molar-refractivity contribution in [1.29, 1.82) is 0 Å². The number of hydrogen-bond acceptors (Lipinski definition) is 3. The van der Waals surface area contributed by atoms with Crippen molar-refractivity contribution in [2.45, 2.75) is 39.2 Å². The molecule has 17 heavy (non-hydrogen) atoms. The highest BCUT2D eigenvalue weighted by Gasteiger charge is 2.19. The van der Waals surface area contributed by atoms with Crippen LogP contribution in [0.15, 0.2) is 18.3 Å². The molecule has 0 amide bonds. The Morgan fingerprint density at radius 2 is 2.35 bits per heavy atom. The molecule has 1 aromatic rings. The Kier molecular flexibility index (Phi) is 4.37. The molecular formula is C14H22N2O. The molecular weight excluding hydrogens is 212 g/mol.